The molecule has 1 fully saturated rings. The first kappa shape index (κ1) is 15.7. The second-order valence-electron chi connectivity index (χ2n) is 4.65. The number of carboxylic acids is 2. The Kier molecular flexibility index (Phi) is 5.72. The lowest BCUT2D eigenvalue weighted by molar-refractivity contribution is -0.256. The van der Waals surface area contributed by atoms with E-state index in [4.69, 9.17) is 0 Å². The fourth-order valence-corrected chi connectivity index (χ4v) is 1.70. The molecular formula is C16H16O4-2. The molecule has 1 aromatic carbocycles. The van der Waals surface area contributed by atoms with Gasteiger partial charge in [-0.3, -0.25) is 0 Å². The number of benzene rings is 1. The SMILES string of the molecule is C=C1CCC(=C)CC1.O=C([O-])c1ccc(C(=O)[O-])cc1. The van der Waals surface area contributed by atoms with Gasteiger partial charge in [0.15, 0.2) is 0 Å². The number of hydrogen-bond acceptors (Lipinski definition) is 4. The highest BCUT2D eigenvalue weighted by Gasteiger charge is 2.04. The lowest BCUT2D eigenvalue weighted by Crippen LogP contribution is -2.24. The van der Waals surface area contributed by atoms with Crippen LogP contribution < -0.4 is 10.2 Å². The highest BCUT2D eigenvalue weighted by molar-refractivity contribution is 5.89. The maximum atomic E-state index is 10.2. The van der Waals surface area contributed by atoms with Crippen LogP contribution in [0.3, 0.4) is 0 Å². The molecule has 20 heavy (non-hydrogen) atoms. The van der Waals surface area contributed by atoms with Crippen molar-refractivity contribution in [3.8, 4) is 0 Å². The Morgan fingerprint density at radius 3 is 1.20 bits per heavy atom. The minimum atomic E-state index is -1.33. The molecule has 4 heteroatoms. The fourth-order valence-electron chi connectivity index (χ4n) is 1.70. The summed E-state index contributed by atoms with van der Waals surface area (Å²) in [5, 5.41) is 20.4. The molecule has 0 atom stereocenters. The van der Waals surface area contributed by atoms with Gasteiger partial charge in [-0.05, 0) is 36.8 Å². The molecule has 1 saturated carbocycles. The van der Waals surface area contributed by atoms with Gasteiger partial charge in [0.2, 0.25) is 0 Å². The average Bonchev–Trinajstić information content (AvgIpc) is 2.43. The van der Waals surface area contributed by atoms with Crippen molar-refractivity contribution >= 4 is 11.9 Å². The van der Waals surface area contributed by atoms with Gasteiger partial charge >= 0.3 is 0 Å². The van der Waals surface area contributed by atoms with Crippen molar-refractivity contribution in [3.05, 3.63) is 59.7 Å². The van der Waals surface area contributed by atoms with Crippen molar-refractivity contribution in [2.24, 2.45) is 0 Å². The number of allylic oxidation sites excluding steroid dienone is 2. The van der Waals surface area contributed by atoms with Crippen LogP contribution in [0.4, 0.5) is 0 Å². The summed E-state index contributed by atoms with van der Waals surface area (Å²) in [5.41, 5.74) is 2.69. The van der Waals surface area contributed by atoms with Crippen molar-refractivity contribution in [1.82, 2.24) is 0 Å². The smallest absolute Gasteiger partial charge is 0.0715 e. The second kappa shape index (κ2) is 7.28. The summed E-state index contributed by atoms with van der Waals surface area (Å²) in [4.78, 5) is 20.4. The van der Waals surface area contributed by atoms with E-state index >= 15 is 0 Å². The molecule has 2 rings (SSSR count). The zero-order valence-corrected chi connectivity index (χ0v) is 11.2. The van der Waals surface area contributed by atoms with E-state index < -0.39 is 11.9 Å². The quantitative estimate of drug-likeness (QED) is 0.755. The molecule has 0 saturated heterocycles. The lowest BCUT2D eigenvalue weighted by atomic mass is 9.93. The third-order valence-corrected chi connectivity index (χ3v) is 3.02. The van der Waals surface area contributed by atoms with Gasteiger partial charge in [0, 0.05) is 0 Å². The molecule has 4 nitrogen and oxygen atoms in total. The van der Waals surface area contributed by atoms with E-state index in [1.807, 2.05) is 0 Å². The number of carbonyl (C=O) groups excluding carboxylic acids is 2. The fraction of sp³-hybridized carbons (Fsp3) is 0.250. The Morgan fingerprint density at radius 1 is 0.750 bits per heavy atom. The van der Waals surface area contributed by atoms with Gasteiger partial charge in [0.05, 0.1) is 11.9 Å². The van der Waals surface area contributed by atoms with E-state index in [1.165, 1.54) is 36.8 Å². The van der Waals surface area contributed by atoms with Crippen molar-refractivity contribution in [1.29, 1.82) is 0 Å². The molecule has 0 spiro atoms. The molecule has 0 amide bonds. The van der Waals surface area contributed by atoms with Crippen LogP contribution in [0.1, 0.15) is 46.4 Å². The molecule has 0 aliphatic heterocycles. The first-order valence-electron chi connectivity index (χ1n) is 6.26. The lowest BCUT2D eigenvalue weighted by Gasteiger charge is -2.13. The van der Waals surface area contributed by atoms with Crippen LogP contribution in [0.15, 0.2) is 48.6 Å². The van der Waals surface area contributed by atoms with Gasteiger partial charge < -0.3 is 19.8 Å². The molecule has 0 aromatic heterocycles. The number of carbonyl (C=O) groups is 2. The van der Waals surface area contributed by atoms with Crippen LogP contribution in [-0.4, -0.2) is 11.9 Å². The zero-order valence-electron chi connectivity index (χ0n) is 11.2. The molecule has 0 radical (unpaired) electrons. The molecule has 106 valence electrons. The van der Waals surface area contributed by atoms with Gasteiger partial charge in [0.25, 0.3) is 0 Å². The third kappa shape index (κ3) is 5.10. The summed E-state index contributed by atoms with van der Waals surface area (Å²) in [5.74, 6) is -2.67. The van der Waals surface area contributed by atoms with Crippen molar-refractivity contribution < 1.29 is 19.8 Å². The minimum Gasteiger partial charge on any atom is -0.545 e. The Hall–Kier alpha value is -2.36. The summed E-state index contributed by atoms with van der Waals surface area (Å²) >= 11 is 0. The van der Waals surface area contributed by atoms with Gasteiger partial charge in [-0.15, -0.1) is 0 Å². The maximum absolute atomic E-state index is 10.2. The number of aromatic carboxylic acids is 2. The first-order chi connectivity index (χ1) is 9.40. The van der Waals surface area contributed by atoms with Crippen LogP contribution >= 0.6 is 0 Å². The van der Waals surface area contributed by atoms with Crippen LogP contribution in [0.5, 0.6) is 0 Å². The van der Waals surface area contributed by atoms with Gasteiger partial charge in [-0.1, -0.05) is 48.6 Å². The molecule has 0 heterocycles. The first-order valence-corrected chi connectivity index (χ1v) is 6.26. The van der Waals surface area contributed by atoms with E-state index in [2.05, 4.69) is 13.2 Å². The highest BCUT2D eigenvalue weighted by Crippen LogP contribution is 2.24. The molecule has 1 aliphatic rings. The molecule has 0 N–H and O–H groups in total. The van der Waals surface area contributed by atoms with Crippen LogP contribution in [0.25, 0.3) is 0 Å². The van der Waals surface area contributed by atoms with Crippen molar-refractivity contribution in [2.75, 3.05) is 0 Å². The molecule has 0 unspecified atom stereocenters. The second-order valence-corrected chi connectivity index (χ2v) is 4.65. The van der Waals surface area contributed by atoms with Gasteiger partial charge in [-0.2, -0.15) is 0 Å². The standard InChI is InChI=1S/C8H6O4.C8H12/c9-7(10)5-1-2-6(4-3-5)8(11)12;1-7-3-5-8(2)6-4-7/h1-4H,(H,9,10)(H,11,12);1-6H2/p-2. The number of carboxylic acid groups (broad SMARTS) is 2. The van der Waals surface area contributed by atoms with E-state index in [0.717, 1.165) is 24.3 Å². The third-order valence-electron chi connectivity index (χ3n) is 3.02. The highest BCUT2D eigenvalue weighted by atomic mass is 16.4. The average molecular weight is 272 g/mol. The Balaban J connectivity index is 0.000000217. The maximum Gasteiger partial charge on any atom is 0.0715 e. The minimum absolute atomic E-state index is 0.0556. The van der Waals surface area contributed by atoms with E-state index in [-0.39, 0.29) is 11.1 Å². The summed E-state index contributed by atoms with van der Waals surface area (Å²) in [6.45, 7) is 7.82. The predicted octanol–water partition coefficient (Wildman–Crippen LogP) is 1.09. The van der Waals surface area contributed by atoms with Crippen LogP contribution in [0, 0.1) is 0 Å². The predicted molar refractivity (Wildman–Crippen MR) is 71.9 cm³/mol. The van der Waals surface area contributed by atoms with E-state index in [1.54, 1.807) is 0 Å². The number of hydrogen-bond donors (Lipinski definition) is 0. The number of rotatable bonds is 2. The van der Waals surface area contributed by atoms with E-state index in [9.17, 15) is 19.8 Å². The molecule has 1 aromatic rings. The summed E-state index contributed by atoms with van der Waals surface area (Å²) in [6, 6.07) is 4.61. The topological polar surface area (TPSA) is 80.3 Å². The van der Waals surface area contributed by atoms with Crippen molar-refractivity contribution in [3.63, 3.8) is 0 Å². The molecule has 0 bridgehead atoms. The monoisotopic (exact) mass is 272 g/mol. The Labute approximate surface area is 118 Å². The van der Waals surface area contributed by atoms with Crippen LogP contribution in [0.2, 0.25) is 0 Å². The molecule has 1 aliphatic carbocycles. The largest absolute Gasteiger partial charge is 0.545 e. The van der Waals surface area contributed by atoms with E-state index in [0.29, 0.717) is 0 Å². The van der Waals surface area contributed by atoms with Gasteiger partial charge in [-0.25, -0.2) is 0 Å². The Morgan fingerprint density at radius 2 is 1.00 bits per heavy atom. The normalized spacial score (nSPS) is 14.2. The van der Waals surface area contributed by atoms with Crippen LogP contribution in [-0.2, 0) is 0 Å². The van der Waals surface area contributed by atoms with Crippen molar-refractivity contribution in [2.45, 2.75) is 25.7 Å². The summed E-state index contributed by atoms with van der Waals surface area (Å²) < 4.78 is 0. The summed E-state index contributed by atoms with van der Waals surface area (Å²) in [6.07, 6.45) is 4.72. The Bertz CT molecular complexity index is 465. The molecular weight excluding hydrogens is 256 g/mol. The van der Waals surface area contributed by atoms with Gasteiger partial charge in [0.1, 0.15) is 0 Å². The zero-order chi connectivity index (χ0) is 15.1. The summed E-state index contributed by atoms with van der Waals surface area (Å²) in [7, 11) is 0.